The lowest BCUT2D eigenvalue weighted by Crippen LogP contribution is -2.40. The van der Waals surface area contributed by atoms with Crippen molar-refractivity contribution < 1.29 is 9.90 Å². The Labute approximate surface area is 108 Å². The number of amides is 1. The van der Waals surface area contributed by atoms with Crippen LogP contribution in [0.3, 0.4) is 0 Å². The summed E-state index contributed by atoms with van der Waals surface area (Å²) in [6.07, 6.45) is 1.11. The van der Waals surface area contributed by atoms with E-state index >= 15 is 0 Å². The number of anilines is 1. The number of likely N-dealkylation sites (tertiary alicyclic amines) is 1. The molecule has 1 aromatic rings. The largest absolute Gasteiger partial charge is 0.393 e. The minimum Gasteiger partial charge on any atom is -0.393 e. The molecule has 1 aliphatic heterocycles. The van der Waals surface area contributed by atoms with Crippen molar-refractivity contribution in [3.8, 4) is 0 Å². The molecule has 1 aliphatic rings. The minimum absolute atomic E-state index is 0.0607. The average molecular weight is 248 g/mol. The fraction of sp³-hybridized carbons (Fsp3) is 0.500. The van der Waals surface area contributed by atoms with Gasteiger partial charge in [0.15, 0.2) is 0 Å². The fourth-order valence-corrected chi connectivity index (χ4v) is 2.17. The molecule has 1 saturated heterocycles. The Bertz CT molecular complexity index is 424. The van der Waals surface area contributed by atoms with Crippen LogP contribution >= 0.6 is 0 Å². The van der Waals surface area contributed by atoms with E-state index in [2.05, 4.69) is 0 Å². The number of benzene rings is 1. The van der Waals surface area contributed by atoms with Gasteiger partial charge in [-0.2, -0.15) is 0 Å². The van der Waals surface area contributed by atoms with Crippen LogP contribution in [0.1, 0.15) is 23.2 Å². The first-order chi connectivity index (χ1) is 8.58. The van der Waals surface area contributed by atoms with Crippen LogP contribution in [0.25, 0.3) is 0 Å². The predicted octanol–water partition coefficient (Wildman–Crippen LogP) is 1.35. The van der Waals surface area contributed by atoms with Gasteiger partial charge < -0.3 is 14.9 Å². The van der Waals surface area contributed by atoms with Crippen LogP contribution < -0.4 is 4.90 Å². The van der Waals surface area contributed by atoms with Gasteiger partial charge in [0, 0.05) is 38.4 Å². The molecule has 0 radical (unpaired) electrons. The Morgan fingerprint density at radius 3 is 2.61 bits per heavy atom. The van der Waals surface area contributed by atoms with Gasteiger partial charge >= 0.3 is 0 Å². The predicted molar refractivity (Wildman–Crippen MR) is 71.9 cm³/mol. The monoisotopic (exact) mass is 248 g/mol. The minimum atomic E-state index is -0.248. The van der Waals surface area contributed by atoms with Gasteiger partial charge in [-0.1, -0.05) is 6.07 Å². The van der Waals surface area contributed by atoms with E-state index in [-0.39, 0.29) is 12.0 Å². The molecular formula is C14H20N2O2. The molecule has 4 nitrogen and oxygen atoms in total. The van der Waals surface area contributed by atoms with E-state index in [4.69, 9.17) is 0 Å². The number of rotatable bonds is 2. The number of aliphatic hydroxyl groups is 1. The highest BCUT2D eigenvalue weighted by atomic mass is 16.3. The number of piperidine rings is 1. The zero-order chi connectivity index (χ0) is 13.1. The Balaban J connectivity index is 2.11. The second kappa shape index (κ2) is 5.40. The topological polar surface area (TPSA) is 43.8 Å². The van der Waals surface area contributed by atoms with Crippen LogP contribution in [-0.4, -0.2) is 49.2 Å². The quantitative estimate of drug-likeness (QED) is 0.859. The van der Waals surface area contributed by atoms with E-state index in [9.17, 15) is 9.90 Å². The summed E-state index contributed by atoms with van der Waals surface area (Å²) < 4.78 is 0. The van der Waals surface area contributed by atoms with Gasteiger partial charge in [0.25, 0.3) is 5.91 Å². The summed E-state index contributed by atoms with van der Waals surface area (Å²) in [5, 5.41) is 9.45. The first-order valence-corrected chi connectivity index (χ1v) is 6.32. The molecule has 0 saturated carbocycles. The SMILES string of the molecule is CN(C)c1cccc(C(=O)N2CCC(O)CC2)c1. The highest BCUT2D eigenvalue weighted by Gasteiger charge is 2.22. The highest BCUT2D eigenvalue weighted by molar-refractivity contribution is 5.95. The van der Waals surface area contributed by atoms with Gasteiger partial charge in [-0.05, 0) is 31.0 Å². The van der Waals surface area contributed by atoms with Crippen LogP contribution in [0, 0.1) is 0 Å². The molecule has 0 aromatic heterocycles. The molecule has 0 aliphatic carbocycles. The average Bonchev–Trinajstić information content (AvgIpc) is 2.39. The Kier molecular flexibility index (Phi) is 3.87. The molecule has 98 valence electrons. The summed E-state index contributed by atoms with van der Waals surface area (Å²) in [7, 11) is 3.92. The van der Waals surface area contributed by atoms with Crippen LogP contribution in [0.2, 0.25) is 0 Å². The van der Waals surface area contributed by atoms with Crippen LogP contribution in [-0.2, 0) is 0 Å². The summed E-state index contributed by atoms with van der Waals surface area (Å²) in [6.45, 7) is 1.29. The van der Waals surface area contributed by atoms with Gasteiger partial charge in [-0.3, -0.25) is 4.79 Å². The normalized spacial score (nSPS) is 16.7. The van der Waals surface area contributed by atoms with Crippen LogP contribution in [0.5, 0.6) is 0 Å². The summed E-state index contributed by atoms with van der Waals surface area (Å²) in [4.78, 5) is 16.1. The molecule has 0 unspecified atom stereocenters. The molecule has 1 amide bonds. The molecule has 4 heteroatoms. The summed E-state index contributed by atoms with van der Waals surface area (Å²) >= 11 is 0. The molecule has 1 N–H and O–H groups in total. The van der Waals surface area contributed by atoms with Crippen LogP contribution in [0.15, 0.2) is 24.3 Å². The molecular weight excluding hydrogens is 228 g/mol. The summed E-state index contributed by atoms with van der Waals surface area (Å²) in [5.41, 5.74) is 1.75. The summed E-state index contributed by atoms with van der Waals surface area (Å²) in [6, 6.07) is 7.64. The highest BCUT2D eigenvalue weighted by Crippen LogP contribution is 2.17. The number of hydrogen-bond acceptors (Lipinski definition) is 3. The lowest BCUT2D eigenvalue weighted by molar-refractivity contribution is 0.0546. The maximum atomic E-state index is 12.3. The second-order valence-electron chi connectivity index (χ2n) is 4.97. The Hall–Kier alpha value is -1.55. The van der Waals surface area contributed by atoms with E-state index < -0.39 is 0 Å². The Morgan fingerprint density at radius 2 is 2.00 bits per heavy atom. The van der Waals surface area contributed by atoms with Crippen molar-refractivity contribution in [1.82, 2.24) is 4.90 Å². The molecule has 0 bridgehead atoms. The maximum absolute atomic E-state index is 12.3. The number of aliphatic hydroxyl groups excluding tert-OH is 1. The summed E-state index contributed by atoms with van der Waals surface area (Å²) in [5.74, 6) is 0.0607. The number of hydrogen-bond donors (Lipinski definition) is 1. The molecule has 2 rings (SSSR count). The second-order valence-corrected chi connectivity index (χ2v) is 4.97. The molecule has 0 spiro atoms. The van der Waals surface area contributed by atoms with E-state index in [1.54, 1.807) is 0 Å². The van der Waals surface area contributed by atoms with Gasteiger partial charge in [0.2, 0.25) is 0 Å². The molecule has 1 fully saturated rings. The molecule has 1 aromatic carbocycles. The number of carbonyl (C=O) groups excluding carboxylic acids is 1. The van der Waals surface area contributed by atoms with Gasteiger partial charge in [-0.15, -0.1) is 0 Å². The van der Waals surface area contributed by atoms with Crippen molar-refractivity contribution in [3.63, 3.8) is 0 Å². The van der Waals surface area contributed by atoms with E-state index in [0.29, 0.717) is 25.9 Å². The molecule has 0 atom stereocenters. The first kappa shape index (κ1) is 12.9. The third-order valence-corrected chi connectivity index (χ3v) is 3.36. The first-order valence-electron chi connectivity index (χ1n) is 6.32. The standard InChI is InChI=1S/C14H20N2O2/c1-15(2)12-5-3-4-11(10-12)14(18)16-8-6-13(17)7-9-16/h3-5,10,13,17H,6-9H2,1-2H3. The van der Waals surface area contributed by atoms with Crippen molar-refractivity contribution in [1.29, 1.82) is 0 Å². The van der Waals surface area contributed by atoms with Gasteiger partial charge in [-0.25, -0.2) is 0 Å². The number of nitrogens with zero attached hydrogens (tertiary/aromatic N) is 2. The van der Waals surface area contributed by atoms with Crippen LogP contribution in [0.4, 0.5) is 5.69 Å². The smallest absolute Gasteiger partial charge is 0.253 e. The van der Waals surface area contributed by atoms with E-state index in [0.717, 1.165) is 11.3 Å². The van der Waals surface area contributed by atoms with Crippen molar-refractivity contribution in [2.45, 2.75) is 18.9 Å². The maximum Gasteiger partial charge on any atom is 0.253 e. The third-order valence-electron chi connectivity index (χ3n) is 3.36. The third kappa shape index (κ3) is 2.82. The Morgan fingerprint density at radius 1 is 1.33 bits per heavy atom. The van der Waals surface area contributed by atoms with Gasteiger partial charge in [0.05, 0.1) is 6.10 Å². The molecule has 1 heterocycles. The fourth-order valence-electron chi connectivity index (χ4n) is 2.17. The van der Waals surface area contributed by atoms with Crippen molar-refractivity contribution >= 4 is 11.6 Å². The van der Waals surface area contributed by atoms with E-state index in [1.165, 1.54) is 0 Å². The van der Waals surface area contributed by atoms with Crippen molar-refractivity contribution in [2.24, 2.45) is 0 Å². The lowest BCUT2D eigenvalue weighted by Gasteiger charge is -2.29. The zero-order valence-corrected chi connectivity index (χ0v) is 11.0. The molecule has 18 heavy (non-hydrogen) atoms. The lowest BCUT2D eigenvalue weighted by atomic mass is 10.1. The van der Waals surface area contributed by atoms with E-state index in [1.807, 2.05) is 48.2 Å². The van der Waals surface area contributed by atoms with Gasteiger partial charge in [0.1, 0.15) is 0 Å². The number of carbonyl (C=O) groups is 1. The van der Waals surface area contributed by atoms with Crippen molar-refractivity contribution in [2.75, 3.05) is 32.1 Å². The zero-order valence-electron chi connectivity index (χ0n) is 11.0. The van der Waals surface area contributed by atoms with Crippen molar-refractivity contribution in [3.05, 3.63) is 29.8 Å².